The van der Waals surface area contributed by atoms with Crippen LogP contribution in [0.4, 0.5) is 0 Å². The molecule has 0 aliphatic heterocycles. The molecule has 0 atom stereocenters. The van der Waals surface area contributed by atoms with E-state index in [1.165, 1.54) is 5.56 Å². The first kappa shape index (κ1) is 28.4. The minimum atomic E-state index is -3.61. The van der Waals surface area contributed by atoms with E-state index in [1.54, 1.807) is 36.4 Å². The Morgan fingerprint density at radius 1 is 0.538 bits per heavy atom. The fraction of sp³-hybridized carbons (Fsp3) is 0.294. The van der Waals surface area contributed by atoms with Crippen molar-refractivity contribution in [3.8, 4) is 17.2 Å². The van der Waals surface area contributed by atoms with Crippen molar-refractivity contribution in [3.63, 3.8) is 0 Å². The third kappa shape index (κ3) is 6.54. The van der Waals surface area contributed by atoms with Crippen LogP contribution in [-0.2, 0) is 20.7 Å². The summed E-state index contributed by atoms with van der Waals surface area (Å²) >= 11 is 0. The van der Waals surface area contributed by atoms with Gasteiger partial charge in [-0.1, -0.05) is 71.0 Å². The van der Waals surface area contributed by atoms with Crippen molar-refractivity contribution in [2.45, 2.75) is 75.2 Å². The van der Waals surface area contributed by atoms with E-state index in [-0.39, 0.29) is 26.7 Å². The van der Waals surface area contributed by atoms with Crippen molar-refractivity contribution in [2.75, 3.05) is 0 Å². The molecule has 0 amide bonds. The van der Waals surface area contributed by atoms with Crippen LogP contribution in [-0.4, -0.2) is 14.5 Å². The molecule has 4 nitrogen and oxygen atoms in total. The number of benzene rings is 4. The number of hydrogen-bond donors (Lipinski definition) is 0. The Kier molecular flexibility index (Phi) is 7.94. The van der Waals surface area contributed by atoms with Crippen LogP contribution in [0.1, 0.15) is 65.2 Å². The molecule has 0 aliphatic carbocycles. The molecule has 0 unspecified atom stereocenters. The van der Waals surface area contributed by atoms with Gasteiger partial charge in [-0.2, -0.15) is 0 Å². The summed E-state index contributed by atoms with van der Waals surface area (Å²) in [6.07, 6.45) is 0.141. The molecule has 0 bridgehead atoms. The minimum Gasteiger partial charge on any atom is -0.491 e. The van der Waals surface area contributed by atoms with E-state index in [4.69, 9.17) is 9.47 Å². The smallest absolute Gasteiger partial charge is 0.206 e. The lowest BCUT2D eigenvalue weighted by Crippen LogP contribution is -2.18. The molecule has 0 N–H and O–H groups in total. The first-order valence-electron chi connectivity index (χ1n) is 13.3. The maximum atomic E-state index is 13.1. The Morgan fingerprint density at radius 2 is 0.897 bits per heavy atom. The Bertz CT molecular complexity index is 1490. The van der Waals surface area contributed by atoms with E-state index in [9.17, 15) is 8.42 Å². The average molecular weight is 543 g/mol. The highest BCUT2D eigenvalue weighted by molar-refractivity contribution is 7.91. The fourth-order valence-corrected chi connectivity index (χ4v) is 5.68. The Morgan fingerprint density at radius 3 is 1.31 bits per heavy atom. The predicted molar refractivity (Wildman–Crippen MR) is 158 cm³/mol. The van der Waals surface area contributed by atoms with Crippen LogP contribution >= 0.6 is 0 Å². The van der Waals surface area contributed by atoms with Gasteiger partial charge in [-0.3, -0.25) is 0 Å². The largest absolute Gasteiger partial charge is 0.491 e. The molecule has 4 aromatic carbocycles. The second-order valence-electron chi connectivity index (χ2n) is 11.7. The highest BCUT2D eigenvalue weighted by Gasteiger charge is 2.23. The van der Waals surface area contributed by atoms with Gasteiger partial charge < -0.3 is 9.47 Å². The molecule has 0 heterocycles. The van der Waals surface area contributed by atoms with Crippen LogP contribution in [0.5, 0.6) is 17.2 Å². The number of ether oxygens (including phenoxy) is 2. The highest BCUT2D eigenvalue weighted by atomic mass is 32.2. The molecule has 5 heteroatoms. The topological polar surface area (TPSA) is 52.6 Å². The van der Waals surface area contributed by atoms with Crippen LogP contribution in [0.3, 0.4) is 0 Å². The lowest BCUT2D eigenvalue weighted by molar-refractivity contribution is 0.242. The first-order valence-corrected chi connectivity index (χ1v) is 14.8. The predicted octanol–water partition coefficient (Wildman–Crippen LogP) is 8.72. The third-order valence-electron chi connectivity index (χ3n) is 6.92. The summed E-state index contributed by atoms with van der Waals surface area (Å²) in [7, 11) is -3.61. The van der Waals surface area contributed by atoms with Gasteiger partial charge in [0.1, 0.15) is 17.2 Å². The van der Waals surface area contributed by atoms with Crippen molar-refractivity contribution >= 4 is 9.84 Å². The van der Waals surface area contributed by atoms with Crippen molar-refractivity contribution in [1.29, 1.82) is 0 Å². The minimum absolute atomic E-state index is 0.0382. The van der Waals surface area contributed by atoms with Gasteiger partial charge in [-0.25, -0.2) is 8.42 Å². The molecule has 0 aliphatic rings. The Balaban J connectivity index is 1.45. The normalized spacial score (nSPS) is 12.4. The van der Waals surface area contributed by atoms with Gasteiger partial charge in [0.25, 0.3) is 0 Å². The zero-order chi connectivity index (χ0) is 28.4. The van der Waals surface area contributed by atoms with Gasteiger partial charge >= 0.3 is 0 Å². The van der Waals surface area contributed by atoms with Gasteiger partial charge in [-0.05, 0) is 96.6 Å². The van der Waals surface area contributed by atoms with E-state index in [1.807, 2.05) is 50.2 Å². The monoisotopic (exact) mass is 542 g/mol. The zero-order valence-electron chi connectivity index (χ0n) is 23.9. The molecule has 4 aromatic rings. The highest BCUT2D eigenvalue weighted by Crippen LogP contribution is 2.34. The lowest BCUT2D eigenvalue weighted by atomic mass is 9.78. The molecule has 4 rings (SSSR count). The Labute approximate surface area is 233 Å². The van der Waals surface area contributed by atoms with E-state index >= 15 is 0 Å². The van der Waals surface area contributed by atoms with E-state index in [2.05, 4.69) is 58.9 Å². The molecule has 0 saturated heterocycles. The second kappa shape index (κ2) is 10.9. The van der Waals surface area contributed by atoms with Crippen molar-refractivity contribution in [1.82, 2.24) is 0 Å². The van der Waals surface area contributed by atoms with E-state index in [0.29, 0.717) is 11.5 Å². The lowest BCUT2D eigenvalue weighted by Gasteiger charge is -2.26. The third-order valence-corrected chi connectivity index (χ3v) is 8.71. The molecular formula is C34H38O4S. The number of sulfone groups is 1. The molecule has 0 aromatic heterocycles. The SMILES string of the molecule is CC(C)Oc1ccc(C(C)(C)c2ccc(Oc3ccc(S(=O)(=O)c4ccc(C(C)(C)C)cc4)cc3)cc2)cc1. The van der Waals surface area contributed by atoms with Gasteiger partial charge in [0.2, 0.25) is 9.84 Å². The van der Waals surface area contributed by atoms with Gasteiger partial charge in [0.05, 0.1) is 15.9 Å². The van der Waals surface area contributed by atoms with E-state index < -0.39 is 9.84 Å². The summed E-state index contributed by atoms with van der Waals surface area (Å²) in [5.74, 6) is 2.12. The number of hydrogen-bond acceptors (Lipinski definition) is 4. The summed E-state index contributed by atoms with van der Waals surface area (Å²) in [5, 5.41) is 0. The van der Waals surface area contributed by atoms with E-state index in [0.717, 1.165) is 16.9 Å². The van der Waals surface area contributed by atoms with Crippen LogP contribution < -0.4 is 9.47 Å². The average Bonchev–Trinajstić information content (AvgIpc) is 2.89. The van der Waals surface area contributed by atoms with Crippen LogP contribution in [0, 0.1) is 0 Å². The molecule has 39 heavy (non-hydrogen) atoms. The standard InChI is InChI=1S/C34H38O4S/c1-24(2)37-28-14-8-26(9-15-28)34(6,7)27-10-16-29(17-11-27)38-30-18-22-32(23-19-30)39(35,36)31-20-12-25(13-21-31)33(3,4)5/h8-24H,1-7H3. The van der Waals surface area contributed by atoms with Gasteiger partial charge in [-0.15, -0.1) is 0 Å². The molecule has 0 spiro atoms. The molecule has 0 saturated carbocycles. The summed E-state index contributed by atoms with van der Waals surface area (Å²) in [4.78, 5) is 0.518. The van der Waals surface area contributed by atoms with Crippen LogP contribution in [0.15, 0.2) is 107 Å². The zero-order valence-corrected chi connectivity index (χ0v) is 24.7. The second-order valence-corrected chi connectivity index (χ2v) is 13.6. The molecular weight excluding hydrogens is 504 g/mol. The summed E-state index contributed by atoms with van der Waals surface area (Å²) in [6, 6.07) is 29.9. The molecule has 0 radical (unpaired) electrons. The Hall–Kier alpha value is -3.57. The first-order chi connectivity index (χ1) is 18.3. The summed E-state index contributed by atoms with van der Waals surface area (Å²) in [5.41, 5.74) is 3.21. The van der Waals surface area contributed by atoms with Crippen molar-refractivity contribution < 1.29 is 17.9 Å². The summed E-state index contributed by atoms with van der Waals surface area (Å²) in [6.45, 7) is 14.7. The van der Waals surface area contributed by atoms with Gasteiger partial charge in [0, 0.05) is 5.41 Å². The molecule has 204 valence electrons. The summed E-state index contributed by atoms with van der Waals surface area (Å²) < 4.78 is 38.1. The van der Waals surface area contributed by atoms with Gasteiger partial charge in [0.15, 0.2) is 0 Å². The van der Waals surface area contributed by atoms with Crippen molar-refractivity contribution in [3.05, 3.63) is 114 Å². The van der Waals surface area contributed by atoms with Crippen LogP contribution in [0.25, 0.3) is 0 Å². The maximum absolute atomic E-state index is 13.1. The fourth-order valence-electron chi connectivity index (χ4n) is 4.42. The number of rotatable bonds is 8. The van der Waals surface area contributed by atoms with Crippen molar-refractivity contribution in [2.24, 2.45) is 0 Å². The van der Waals surface area contributed by atoms with Crippen LogP contribution in [0.2, 0.25) is 0 Å². The molecule has 0 fully saturated rings. The quantitative estimate of drug-likeness (QED) is 0.223. The maximum Gasteiger partial charge on any atom is 0.206 e.